The molecule has 0 aliphatic heterocycles. The number of hydrogen-bond donors (Lipinski definition) is 1. The Morgan fingerprint density at radius 1 is 1.42 bits per heavy atom. The quantitative estimate of drug-likeness (QED) is 0.863. The van der Waals surface area contributed by atoms with Crippen molar-refractivity contribution in [3.8, 4) is 11.8 Å². The molecule has 1 N–H and O–H groups in total. The number of halogens is 1. The van der Waals surface area contributed by atoms with E-state index in [4.69, 9.17) is 0 Å². The highest BCUT2D eigenvalue weighted by molar-refractivity contribution is 5.71. The van der Waals surface area contributed by atoms with Crippen LogP contribution >= 0.6 is 0 Å². The van der Waals surface area contributed by atoms with Crippen molar-refractivity contribution in [1.29, 1.82) is 0 Å². The third-order valence-electron chi connectivity index (χ3n) is 4.65. The van der Waals surface area contributed by atoms with Gasteiger partial charge in [0.25, 0.3) is 0 Å². The number of benzene rings is 1. The summed E-state index contributed by atoms with van der Waals surface area (Å²) in [4.78, 5) is 15.6. The minimum Gasteiger partial charge on any atom is -0.481 e. The Labute approximate surface area is 140 Å². The van der Waals surface area contributed by atoms with E-state index in [0.717, 1.165) is 5.56 Å². The Bertz CT molecular complexity index is 790. The third-order valence-corrected chi connectivity index (χ3v) is 4.65. The van der Waals surface area contributed by atoms with E-state index in [0.29, 0.717) is 5.82 Å². The summed E-state index contributed by atoms with van der Waals surface area (Å²) < 4.78 is 17.0. The largest absolute Gasteiger partial charge is 0.481 e. The summed E-state index contributed by atoms with van der Waals surface area (Å²) in [6.45, 7) is 0. The van der Waals surface area contributed by atoms with Crippen molar-refractivity contribution in [2.45, 2.75) is 30.8 Å². The highest BCUT2D eigenvalue weighted by atomic mass is 19.1. The molecule has 1 saturated carbocycles. The van der Waals surface area contributed by atoms with E-state index in [1.807, 2.05) is 30.3 Å². The first-order valence-corrected chi connectivity index (χ1v) is 7.96. The Morgan fingerprint density at radius 3 is 2.79 bits per heavy atom. The van der Waals surface area contributed by atoms with Crippen LogP contribution in [0.2, 0.25) is 0 Å². The van der Waals surface area contributed by atoms with Crippen LogP contribution in [0.3, 0.4) is 0 Å². The van der Waals surface area contributed by atoms with Gasteiger partial charge in [-0.2, -0.15) is 0 Å². The molecule has 3 rings (SSSR count). The van der Waals surface area contributed by atoms with Gasteiger partial charge in [-0.3, -0.25) is 4.79 Å². The van der Waals surface area contributed by atoms with E-state index >= 15 is 4.39 Å². The minimum absolute atomic E-state index is 0.0887. The molecule has 5 heteroatoms. The predicted octanol–water partition coefficient (Wildman–Crippen LogP) is 3.15. The van der Waals surface area contributed by atoms with Crippen molar-refractivity contribution < 1.29 is 14.3 Å². The molecular weight excluding hydrogens is 307 g/mol. The van der Waals surface area contributed by atoms with E-state index < -0.39 is 17.6 Å². The van der Waals surface area contributed by atoms with Gasteiger partial charge in [-0.05, 0) is 24.3 Å². The van der Waals surface area contributed by atoms with E-state index in [2.05, 4.69) is 16.8 Å². The van der Waals surface area contributed by atoms with E-state index in [1.54, 1.807) is 24.0 Å². The lowest BCUT2D eigenvalue weighted by Crippen LogP contribution is -2.37. The first-order valence-electron chi connectivity index (χ1n) is 7.96. The second-order valence-corrected chi connectivity index (χ2v) is 6.28. The van der Waals surface area contributed by atoms with Crippen LogP contribution in [0.4, 0.5) is 4.39 Å². The predicted molar refractivity (Wildman–Crippen MR) is 88.1 cm³/mol. The number of aromatic nitrogens is 2. The van der Waals surface area contributed by atoms with Gasteiger partial charge in [0.1, 0.15) is 0 Å². The molecule has 0 spiro atoms. The minimum atomic E-state index is -1.70. The highest BCUT2D eigenvalue weighted by Gasteiger charge is 2.43. The third kappa shape index (κ3) is 3.33. The maximum absolute atomic E-state index is 15.3. The van der Waals surface area contributed by atoms with E-state index in [1.165, 1.54) is 0 Å². The average Bonchev–Trinajstić information content (AvgIpc) is 2.99. The molecule has 2 aromatic rings. The summed E-state index contributed by atoms with van der Waals surface area (Å²) in [5, 5.41) is 9.48. The molecule has 0 unspecified atom stereocenters. The van der Waals surface area contributed by atoms with Crippen LogP contribution in [-0.4, -0.2) is 26.3 Å². The SMILES string of the molecule is Cn1ccnc1C#C[C@]1(F)CC[C@@H](C(=O)O)[C@H](c2ccccc2)C1. The maximum atomic E-state index is 15.3. The van der Waals surface area contributed by atoms with Crippen molar-refractivity contribution in [3.63, 3.8) is 0 Å². The smallest absolute Gasteiger partial charge is 0.307 e. The second-order valence-electron chi connectivity index (χ2n) is 6.28. The summed E-state index contributed by atoms with van der Waals surface area (Å²) in [5.41, 5.74) is -0.844. The standard InChI is InChI=1S/C19H19FN2O2/c1-22-12-11-21-17(22)8-10-19(20)9-7-15(18(23)24)16(13-19)14-5-3-2-4-6-14/h2-6,11-12,15-16H,7,9,13H2,1H3,(H,23,24)/t15-,16+,19-/m1/s1. The van der Waals surface area contributed by atoms with Crippen LogP contribution < -0.4 is 0 Å². The monoisotopic (exact) mass is 326 g/mol. The first kappa shape index (κ1) is 16.3. The molecule has 1 aromatic carbocycles. The van der Waals surface area contributed by atoms with Crippen molar-refractivity contribution in [3.05, 3.63) is 54.1 Å². The molecule has 124 valence electrons. The summed E-state index contributed by atoms with van der Waals surface area (Å²) in [6, 6.07) is 9.29. The number of nitrogens with zero attached hydrogens (tertiary/aromatic N) is 2. The molecule has 24 heavy (non-hydrogen) atoms. The van der Waals surface area contributed by atoms with Crippen molar-refractivity contribution >= 4 is 5.97 Å². The van der Waals surface area contributed by atoms with Crippen LogP contribution in [0.5, 0.6) is 0 Å². The zero-order valence-corrected chi connectivity index (χ0v) is 13.4. The van der Waals surface area contributed by atoms with Crippen molar-refractivity contribution in [2.24, 2.45) is 13.0 Å². The molecule has 0 saturated heterocycles. The fourth-order valence-corrected chi connectivity index (χ4v) is 3.29. The summed E-state index contributed by atoms with van der Waals surface area (Å²) in [6.07, 6.45) is 3.86. The molecule has 1 fully saturated rings. The number of alkyl halides is 1. The zero-order valence-electron chi connectivity index (χ0n) is 13.4. The van der Waals surface area contributed by atoms with Gasteiger partial charge < -0.3 is 9.67 Å². The van der Waals surface area contributed by atoms with Crippen LogP contribution in [0, 0.1) is 17.8 Å². The number of imidazole rings is 1. The Kier molecular flexibility index (Phi) is 4.39. The highest BCUT2D eigenvalue weighted by Crippen LogP contribution is 2.44. The van der Waals surface area contributed by atoms with Gasteiger partial charge in [-0.15, -0.1) is 0 Å². The number of rotatable bonds is 2. The number of carboxylic acid groups (broad SMARTS) is 1. The number of carboxylic acids is 1. The zero-order chi connectivity index (χ0) is 17.2. The van der Waals surface area contributed by atoms with Crippen LogP contribution in [0.25, 0.3) is 0 Å². The lowest BCUT2D eigenvalue weighted by atomic mass is 9.70. The lowest BCUT2D eigenvalue weighted by Gasteiger charge is -2.35. The van der Waals surface area contributed by atoms with Crippen molar-refractivity contribution in [2.75, 3.05) is 0 Å². The van der Waals surface area contributed by atoms with Crippen LogP contribution in [0.1, 0.15) is 36.6 Å². The van der Waals surface area contributed by atoms with E-state index in [9.17, 15) is 9.90 Å². The number of aliphatic carboxylic acids is 1. The molecule has 3 atom stereocenters. The molecule has 0 radical (unpaired) electrons. The van der Waals surface area contributed by atoms with E-state index in [-0.39, 0.29) is 25.2 Å². The molecule has 0 amide bonds. The van der Waals surface area contributed by atoms with Crippen LogP contribution in [-0.2, 0) is 11.8 Å². The Morgan fingerprint density at radius 2 is 2.17 bits per heavy atom. The molecular formula is C19H19FN2O2. The number of aryl methyl sites for hydroxylation is 1. The summed E-state index contributed by atoms with van der Waals surface area (Å²) >= 11 is 0. The Hall–Kier alpha value is -2.61. The topological polar surface area (TPSA) is 55.1 Å². The fourth-order valence-electron chi connectivity index (χ4n) is 3.29. The van der Waals surface area contributed by atoms with Gasteiger partial charge in [0.2, 0.25) is 0 Å². The van der Waals surface area contributed by atoms with Crippen molar-refractivity contribution in [1.82, 2.24) is 9.55 Å². The summed E-state index contributed by atoms with van der Waals surface area (Å²) in [7, 11) is 1.80. The molecule has 0 bridgehead atoms. The molecule has 1 aliphatic rings. The average molecular weight is 326 g/mol. The van der Waals surface area contributed by atoms with Gasteiger partial charge in [0.05, 0.1) is 5.92 Å². The van der Waals surface area contributed by atoms with Gasteiger partial charge in [0.15, 0.2) is 11.5 Å². The molecule has 4 nitrogen and oxygen atoms in total. The van der Waals surface area contributed by atoms with Gasteiger partial charge in [-0.1, -0.05) is 36.3 Å². The normalized spacial score (nSPS) is 26.4. The first-order chi connectivity index (χ1) is 11.5. The number of hydrogen-bond acceptors (Lipinski definition) is 2. The Balaban J connectivity index is 1.88. The van der Waals surface area contributed by atoms with Crippen LogP contribution in [0.15, 0.2) is 42.7 Å². The number of carbonyl (C=O) groups is 1. The van der Waals surface area contributed by atoms with Gasteiger partial charge in [-0.25, -0.2) is 9.37 Å². The molecule has 1 heterocycles. The molecule has 1 aromatic heterocycles. The second kappa shape index (κ2) is 6.48. The van der Waals surface area contributed by atoms with Gasteiger partial charge in [0, 0.05) is 31.8 Å². The fraction of sp³-hybridized carbons (Fsp3) is 0.368. The lowest BCUT2D eigenvalue weighted by molar-refractivity contribution is -0.144. The summed E-state index contributed by atoms with van der Waals surface area (Å²) in [5.74, 6) is 4.18. The maximum Gasteiger partial charge on any atom is 0.307 e. The molecule has 1 aliphatic carbocycles. The van der Waals surface area contributed by atoms with Gasteiger partial charge >= 0.3 is 5.97 Å².